The normalized spacial score (nSPS) is 10.4. The Balaban J connectivity index is 1.78. The van der Waals surface area contributed by atoms with Crippen LogP contribution in [-0.2, 0) is 11.3 Å². The van der Waals surface area contributed by atoms with Gasteiger partial charge in [0.15, 0.2) is 0 Å². The molecular formula is C18H21ClN2O2. The SMILES string of the molecule is COc1ccc(Cl)cc1NC(=O)CCNCc1cccc(C)c1. The molecule has 4 nitrogen and oxygen atoms in total. The predicted octanol–water partition coefficient (Wildman–Crippen LogP) is 3.78. The average molecular weight is 333 g/mol. The summed E-state index contributed by atoms with van der Waals surface area (Å²) in [6.45, 7) is 3.41. The second kappa shape index (κ2) is 8.56. The Labute approximate surface area is 141 Å². The summed E-state index contributed by atoms with van der Waals surface area (Å²) in [6.07, 6.45) is 0.376. The van der Waals surface area contributed by atoms with Gasteiger partial charge in [-0.3, -0.25) is 4.79 Å². The minimum atomic E-state index is -0.0812. The molecule has 0 atom stereocenters. The van der Waals surface area contributed by atoms with Crippen molar-refractivity contribution in [1.82, 2.24) is 5.32 Å². The summed E-state index contributed by atoms with van der Waals surface area (Å²) in [7, 11) is 1.56. The van der Waals surface area contributed by atoms with Gasteiger partial charge in [0.25, 0.3) is 0 Å². The molecule has 0 heterocycles. The van der Waals surface area contributed by atoms with Gasteiger partial charge in [-0.1, -0.05) is 41.4 Å². The molecule has 0 aromatic heterocycles. The number of hydrogen-bond donors (Lipinski definition) is 2. The summed E-state index contributed by atoms with van der Waals surface area (Å²) >= 11 is 5.95. The number of benzene rings is 2. The number of carbonyl (C=O) groups is 1. The van der Waals surface area contributed by atoms with Gasteiger partial charge in [-0.15, -0.1) is 0 Å². The van der Waals surface area contributed by atoms with Gasteiger partial charge < -0.3 is 15.4 Å². The number of amides is 1. The third kappa shape index (κ3) is 5.58. The minimum absolute atomic E-state index is 0.0812. The van der Waals surface area contributed by atoms with Crippen molar-refractivity contribution < 1.29 is 9.53 Å². The van der Waals surface area contributed by atoms with Gasteiger partial charge in [0.1, 0.15) is 5.75 Å². The Morgan fingerprint density at radius 3 is 2.78 bits per heavy atom. The van der Waals surface area contributed by atoms with E-state index in [1.807, 2.05) is 6.07 Å². The lowest BCUT2D eigenvalue weighted by atomic mass is 10.1. The Bertz CT molecular complexity index is 674. The number of rotatable bonds is 7. The predicted molar refractivity (Wildman–Crippen MR) is 94.1 cm³/mol. The maximum atomic E-state index is 12.0. The Hall–Kier alpha value is -2.04. The zero-order chi connectivity index (χ0) is 16.7. The number of hydrogen-bond acceptors (Lipinski definition) is 3. The van der Waals surface area contributed by atoms with Crippen LogP contribution in [0.2, 0.25) is 5.02 Å². The summed E-state index contributed by atoms with van der Waals surface area (Å²) < 4.78 is 5.21. The molecule has 23 heavy (non-hydrogen) atoms. The van der Waals surface area contributed by atoms with Gasteiger partial charge in [-0.25, -0.2) is 0 Å². The second-order valence-corrected chi connectivity index (χ2v) is 5.75. The molecule has 0 unspecified atom stereocenters. The highest BCUT2D eigenvalue weighted by molar-refractivity contribution is 6.31. The zero-order valence-electron chi connectivity index (χ0n) is 13.4. The maximum Gasteiger partial charge on any atom is 0.225 e. The van der Waals surface area contributed by atoms with Gasteiger partial charge in [-0.2, -0.15) is 0 Å². The van der Waals surface area contributed by atoms with E-state index < -0.39 is 0 Å². The molecule has 122 valence electrons. The fraction of sp³-hybridized carbons (Fsp3) is 0.278. The molecule has 0 bridgehead atoms. The van der Waals surface area contributed by atoms with Crippen LogP contribution >= 0.6 is 11.6 Å². The van der Waals surface area contributed by atoms with Crippen LogP contribution in [0.3, 0.4) is 0 Å². The summed E-state index contributed by atoms with van der Waals surface area (Å²) in [5, 5.41) is 6.64. The van der Waals surface area contributed by atoms with E-state index >= 15 is 0 Å². The Morgan fingerprint density at radius 1 is 1.22 bits per heavy atom. The van der Waals surface area contributed by atoms with Crippen LogP contribution in [0, 0.1) is 6.92 Å². The van der Waals surface area contributed by atoms with Gasteiger partial charge >= 0.3 is 0 Å². The number of halogens is 1. The van der Waals surface area contributed by atoms with Crippen LogP contribution in [0.1, 0.15) is 17.5 Å². The van der Waals surface area contributed by atoms with E-state index in [0.29, 0.717) is 29.4 Å². The molecule has 0 aliphatic rings. The first-order valence-electron chi connectivity index (χ1n) is 7.48. The molecule has 0 saturated heterocycles. The molecule has 2 N–H and O–H groups in total. The van der Waals surface area contributed by atoms with E-state index in [9.17, 15) is 4.79 Å². The molecule has 2 rings (SSSR count). The second-order valence-electron chi connectivity index (χ2n) is 5.31. The smallest absolute Gasteiger partial charge is 0.225 e. The van der Waals surface area contributed by atoms with Crippen molar-refractivity contribution in [2.24, 2.45) is 0 Å². The number of nitrogens with one attached hydrogen (secondary N) is 2. The van der Waals surface area contributed by atoms with Crippen molar-refractivity contribution >= 4 is 23.2 Å². The minimum Gasteiger partial charge on any atom is -0.495 e. The number of carbonyl (C=O) groups excluding carboxylic acids is 1. The molecule has 2 aromatic rings. The van der Waals surface area contributed by atoms with Gasteiger partial charge in [0.2, 0.25) is 5.91 Å². The lowest BCUT2D eigenvalue weighted by molar-refractivity contribution is -0.116. The quantitative estimate of drug-likeness (QED) is 0.759. The van der Waals surface area contributed by atoms with E-state index in [4.69, 9.17) is 16.3 Å². The molecule has 0 spiro atoms. The van der Waals surface area contributed by atoms with Crippen molar-refractivity contribution in [2.75, 3.05) is 19.0 Å². The fourth-order valence-corrected chi connectivity index (χ4v) is 2.42. The highest BCUT2D eigenvalue weighted by atomic mass is 35.5. The van der Waals surface area contributed by atoms with Crippen molar-refractivity contribution in [1.29, 1.82) is 0 Å². The average Bonchev–Trinajstić information content (AvgIpc) is 2.52. The molecule has 0 saturated carbocycles. The first kappa shape index (κ1) is 17.3. The van der Waals surface area contributed by atoms with Crippen molar-refractivity contribution in [3.8, 4) is 5.75 Å². The summed E-state index contributed by atoms with van der Waals surface area (Å²) in [6, 6.07) is 13.4. The molecule has 1 amide bonds. The van der Waals surface area contributed by atoms with E-state index in [0.717, 1.165) is 6.54 Å². The van der Waals surface area contributed by atoms with Crippen LogP contribution in [0.25, 0.3) is 0 Å². The van der Waals surface area contributed by atoms with Crippen molar-refractivity contribution in [3.05, 3.63) is 58.6 Å². The number of anilines is 1. The largest absolute Gasteiger partial charge is 0.495 e. The van der Waals surface area contributed by atoms with Crippen LogP contribution in [0.4, 0.5) is 5.69 Å². The van der Waals surface area contributed by atoms with E-state index in [2.05, 4.69) is 35.8 Å². The third-order valence-electron chi connectivity index (χ3n) is 3.38. The van der Waals surface area contributed by atoms with E-state index in [1.54, 1.807) is 25.3 Å². The molecule has 0 fully saturated rings. The van der Waals surface area contributed by atoms with Crippen LogP contribution in [0.5, 0.6) is 5.75 Å². The highest BCUT2D eigenvalue weighted by Gasteiger charge is 2.08. The summed E-state index contributed by atoms with van der Waals surface area (Å²) in [4.78, 5) is 12.0. The molecular weight excluding hydrogens is 312 g/mol. The number of ether oxygens (including phenoxy) is 1. The van der Waals surface area contributed by atoms with Crippen LogP contribution < -0.4 is 15.4 Å². The zero-order valence-corrected chi connectivity index (χ0v) is 14.1. The fourth-order valence-electron chi connectivity index (χ4n) is 2.25. The van der Waals surface area contributed by atoms with E-state index in [1.165, 1.54) is 11.1 Å². The van der Waals surface area contributed by atoms with Gasteiger partial charge in [-0.05, 0) is 30.7 Å². The number of methoxy groups -OCH3 is 1. The molecule has 0 aliphatic carbocycles. The number of aryl methyl sites for hydroxylation is 1. The van der Waals surface area contributed by atoms with Gasteiger partial charge in [0, 0.05) is 24.5 Å². The first-order valence-corrected chi connectivity index (χ1v) is 7.86. The monoisotopic (exact) mass is 332 g/mol. The lowest BCUT2D eigenvalue weighted by Crippen LogP contribution is -2.21. The highest BCUT2D eigenvalue weighted by Crippen LogP contribution is 2.27. The standard InChI is InChI=1S/C18H21ClN2O2/c1-13-4-3-5-14(10-13)12-20-9-8-18(22)21-16-11-15(19)6-7-17(16)23-2/h3-7,10-11,20H,8-9,12H2,1-2H3,(H,21,22). The molecule has 0 aliphatic heterocycles. The first-order chi connectivity index (χ1) is 11.1. The maximum absolute atomic E-state index is 12.0. The summed E-state index contributed by atoms with van der Waals surface area (Å²) in [5.41, 5.74) is 3.03. The Morgan fingerprint density at radius 2 is 2.04 bits per heavy atom. The molecule has 5 heteroatoms. The topological polar surface area (TPSA) is 50.4 Å². The van der Waals surface area contributed by atoms with Crippen LogP contribution in [-0.4, -0.2) is 19.6 Å². The Kier molecular flexibility index (Phi) is 6.44. The molecule has 0 radical (unpaired) electrons. The van der Waals surface area contributed by atoms with Crippen molar-refractivity contribution in [3.63, 3.8) is 0 Å². The molecule has 2 aromatic carbocycles. The lowest BCUT2D eigenvalue weighted by Gasteiger charge is -2.11. The van der Waals surface area contributed by atoms with Crippen molar-refractivity contribution in [2.45, 2.75) is 19.9 Å². The third-order valence-corrected chi connectivity index (χ3v) is 3.61. The summed E-state index contributed by atoms with van der Waals surface area (Å²) in [5.74, 6) is 0.512. The van der Waals surface area contributed by atoms with Crippen LogP contribution in [0.15, 0.2) is 42.5 Å². The van der Waals surface area contributed by atoms with E-state index in [-0.39, 0.29) is 5.91 Å². The van der Waals surface area contributed by atoms with Gasteiger partial charge in [0.05, 0.1) is 12.8 Å².